The van der Waals surface area contributed by atoms with Gasteiger partial charge in [0.2, 0.25) is 5.91 Å². The Hall–Kier alpha value is -3.68. The molecule has 0 bridgehead atoms. The predicted molar refractivity (Wildman–Crippen MR) is 120 cm³/mol. The summed E-state index contributed by atoms with van der Waals surface area (Å²) in [7, 11) is 0. The van der Waals surface area contributed by atoms with E-state index in [0.717, 1.165) is 29.3 Å². The molecule has 2 aromatic rings. The van der Waals surface area contributed by atoms with Crippen molar-refractivity contribution in [3.63, 3.8) is 0 Å². The minimum Gasteiger partial charge on any atom is -0.478 e. The van der Waals surface area contributed by atoms with Crippen molar-refractivity contribution in [2.75, 3.05) is 25.4 Å². The van der Waals surface area contributed by atoms with Gasteiger partial charge < -0.3 is 30.5 Å². The predicted octanol–water partition coefficient (Wildman–Crippen LogP) is 2.53. The van der Waals surface area contributed by atoms with Crippen LogP contribution in [0.25, 0.3) is 0 Å². The highest BCUT2D eigenvalue weighted by Gasteiger charge is 2.51. The molecule has 0 saturated carbocycles. The first-order valence-electron chi connectivity index (χ1n) is 11.0. The number of nitrogen functional groups attached to an aromatic ring is 1. The van der Waals surface area contributed by atoms with E-state index in [-0.39, 0.29) is 30.1 Å². The second-order valence-corrected chi connectivity index (χ2v) is 9.11. The summed E-state index contributed by atoms with van der Waals surface area (Å²) in [4.78, 5) is 29.6. The van der Waals surface area contributed by atoms with Gasteiger partial charge in [-0.1, -0.05) is 12.1 Å². The largest absolute Gasteiger partial charge is 0.573 e. The zero-order valence-corrected chi connectivity index (χ0v) is 19.8. The molecular formula is C23H25F5N4O5. The third kappa shape index (κ3) is 7.90. The molecule has 4 N–H and O–H groups in total. The molecule has 1 aromatic heterocycles. The molecule has 0 unspecified atom stereocenters. The Balaban J connectivity index is 1.65. The van der Waals surface area contributed by atoms with Crippen LogP contribution >= 0.6 is 0 Å². The number of benzene rings is 1. The van der Waals surface area contributed by atoms with Crippen molar-refractivity contribution in [2.45, 2.75) is 44.3 Å². The average Bonchev–Trinajstić information content (AvgIpc) is 3.07. The van der Waals surface area contributed by atoms with Crippen molar-refractivity contribution in [3.05, 3.63) is 47.7 Å². The van der Waals surface area contributed by atoms with Gasteiger partial charge in [0.15, 0.2) is 17.7 Å². The first kappa shape index (κ1) is 27.9. The van der Waals surface area contributed by atoms with Gasteiger partial charge in [-0.05, 0) is 37.6 Å². The van der Waals surface area contributed by atoms with E-state index in [2.05, 4.69) is 15.0 Å². The molecule has 1 fully saturated rings. The number of nitrogens with two attached hydrogens (primary N) is 1. The Morgan fingerprint density at radius 1 is 1.24 bits per heavy atom. The quantitative estimate of drug-likeness (QED) is 0.446. The summed E-state index contributed by atoms with van der Waals surface area (Å²) in [6, 6.07) is 5.61. The summed E-state index contributed by atoms with van der Waals surface area (Å²) in [5, 5.41) is 12.2. The minimum absolute atomic E-state index is 0.0411. The van der Waals surface area contributed by atoms with Gasteiger partial charge in [-0.15, -0.1) is 13.2 Å². The van der Waals surface area contributed by atoms with Crippen LogP contribution in [0.2, 0.25) is 0 Å². The Morgan fingerprint density at radius 2 is 1.89 bits per heavy atom. The lowest BCUT2D eigenvalue weighted by Gasteiger charge is -2.20. The highest BCUT2D eigenvalue weighted by molar-refractivity contribution is 5.94. The number of pyridine rings is 1. The molecule has 0 radical (unpaired) electrons. The number of hydrogen-bond acceptors (Lipinski definition) is 7. The van der Waals surface area contributed by atoms with Crippen LogP contribution in [-0.2, 0) is 11.2 Å². The molecule has 37 heavy (non-hydrogen) atoms. The number of rotatable bonds is 8. The number of likely N-dealkylation sites (tertiary alicyclic amines) is 1. The number of aromatic nitrogens is 1. The standard InChI is InChI=1S/C23H25F5N4O5/c1-21(2,35)11-31-20(34)14-8-16(19(29)30-9-14)36-17-10-32(12-22(17,24)25)18(33)7-13-3-5-15(6-4-13)37-23(26,27)28/h3-6,8-9,17,35H,7,10-12H2,1-2H3,(H2,29,30)(H,31,34)/t17-/m0/s1. The lowest BCUT2D eigenvalue weighted by atomic mass is 10.1. The fraction of sp³-hybridized carbons (Fsp3) is 0.435. The number of halogens is 5. The second kappa shape index (κ2) is 10.4. The number of ether oxygens (including phenoxy) is 2. The number of alkyl halides is 5. The molecule has 1 aliphatic heterocycles. The summed E-state index contributed by atoms with van der Waals surface area (Å²) in [6.07, 6.45) is -5.88. The summed E-state index contributed by atoms with van der Waals surface area (Å²) in [5.74, 6) is -5.81. The number of carbonyl (C=O) groups is 2. The molecule has 2 amide bonds. The van der Waals surface area contributed by atoms with Crippen molar-refractivity contribution >= 4 is 17.6 Å². The summed E-state index contributed by atoms with van der Waals surface area (Å²) in [5.41, 5.74) is 4.80. The maximum atomic E-state index is 14.7. The van der Waals surface area contributed by atoms with Gasteiger partial charge in [-0.2, -0.15) is 0 Å². The fourth-order valence-electron chi connectivity index (χ4n) is 3.39. The molecule has 2 heterocycles. The van der Waals surface area contributed by atoms with Crippen molar-refractivity contribution < 1.29 is 46.1 Å². The molecule has 1 saturated heterocycles. The molecule has 1 atom stereocenters. The number of amides is 2. The maximum Gasteiger partial charge on any atom is 0.573 e. The van der Waals surface area contributed by atoms with Gasteiger partial charge in [0.25, 0.3) is 5.91 Å². The Labute approximate surface area is 208 Å². The van der Waals surface area contributed by atoms with E-state index in [4.69, 9.17) is 10.5 Å². The van der Waals surface area contributed by atoms with Crippen LogP contribution < -0.4 is 20.5 Å². The monoisotopic (exact) mass is 532 g/mol. The Morgan fingerprint density at radius 3 is 2.49 bits per heavy atom. The molecule has 14 heteroatoms. The Kier molecular flexibility index (Phi) is 7.81. The van der Waals surface area contributed by atoms with Crippen LogP contribution in [0.4, 0.5) is 27.8 Å². The van der Waals surface area contributed by atoms with Gasteiger partial charge in [0.1, 0.15) is 5.75 Å². The number of hydrogen-bond donors (Lipinski definition) is 3. The Bertz CT molecular complexity index is 1140. The highest BCUT2D eigenvalue weighted by atomic mass is 19.4. The molecule has 0 spiro atoms. The summed E-state index contributed by atoms with van der Waals surface area (Å²) >= 11 is 0. The first-order chi connectivity index (χ1) is 17.0. The van der Waals surface area contributed by atoms with Crippen molar-refractivity contribution in [3.8, 4) is 11.5 Å². The first-order valence-corrected chi connectivity index (χ1v) is 11.0. The van der Waals surface area contributed by atoms with E-state index in [0.29, 0.717) is 5.56 Å². The molecule has 1 aromatic carbocycles. The number of nitrogens with zero attached hydrogens (tertiary/aromatic N) is 2. The molecular weight excluding hydrogens is 507 g/mol. The lowest BCUT2D eigenvalue weighted by Crippen LogP contribution is -2.38. The number of aliphatic hydroxyl groups is 1. The fourth-order valence-corrected chi connectivity index (χ4v) is 3.39. The third-order valence-electron chi connectivity index (χ3n) is 5.22. The molecule has 1 aliphatic rings. The average molecular weight is 532 g/mol. The van der Waals surface area contributed by atoms with Crippen LogP contribution in [-0.4, -0.2) is 70.4 Å². The number of carbonyl (C=O) groups excluding carboxylic acids is 2. The normalized spacial score (nSPS) is 17.4. The van der Waals surface area contributed by atoms with Gasteiger partial charge >= 0.3 is 12.3 Å². The van der Waals surface area contributed by atoms with Crippen LogP contribution in [0.1, 0.15) is 29.8 Å². The highest BCUT2D eigenvalue weighted by Crippen LogP contribution is 2.33. The van der Waals surface area contributed by atoms with E-state index < -0.39 is 54.6 Å². The van der Waals surface area contributed by atoms with E-state index in [1.54, 1.807) is 0 Å². The van der Waals surface area contributed by atoms with Gasteiger partial charge in [-0.3, -0.25) is 9.59 Å². The van der Waals surface area contributed by atoms with E-state index >= 15 is 0 Å². The van der Waals surface area contributed by atoms with E-state index in [9.17, 15) is 36.6 Å². The van der Waals surface area contributed by atoms with Crippen molar-refractivity contribution in [1.82, 2.24) is 15.2 Å². The van der Waals surface area contributed by atoms with Crippen LogP contribution in [0.3, 0.4) is 0 Å². The number of anilines is 1. The summed E-state index contributed by atoms with van der Waals surface area (Å²) in [6.45, 7) is 1.42. The molecule has 3 rings (SSSR count). The summed E-state index contributed by atoms with van der Waals surface area (Å²) < 4.78 is 75.3. The van der Waals surface area contributed by atoms with E-state index in [1.165, 1.54) is 26.0 Å². The van der Waals surface area contributed by atoms with Gasteiger partial charge in [0.05, 0.1) is 30.7 Å². The SMILES string of the molecule is CC(C)(O)CNC(=O)c1cnc(N)c(O[C@H]2CN(C(=O)Cc3ccc(OC(F)(F)F)cc3)CC2(F)F)c1. The molecule has 9 nitrogen and oxygen atoms in total. The minimum atomic E-state index is -4.87. The molecule has 0 aliphatic carbocycles. The number of nitrogens with one attached hydrogen (secondary N) is 1. The smallest absolute Gasteiger partial charge is 0.478 e. The molecule has 202 valence electrons. The van der Waals surface area contributed by atoms with Crippen molar-refractivity contribution in [2.24, 2.45) is 0 Å². The van der Waals surface area contributed by atoms with Crippen LogP contribution in [0, 0.1) is 0 Å². The maximum absolute atomic E-state index is 14.7. The lowest BCUT2D eigenvalue weighted by molar-refractivity contribution is -0.274. The second-order valence-electron chi connectivity index (χ2n) is 9.11. The van der Waals surface area contributed by atoms with Crippen molar-refractivity contribution in [1.29, 1.82) is 0 Å². The van der Waals surface area contributed by atoms with E-state index in [1.807, 2.05) is 0 Å². The van der Waals surface area contributed by atoms with Gasteiger partial charge in [-0.25, -0.2) is 13.8 Å². The topological polar surface area (TPSA) is 127 Å². The zero-order chi connectivity index (χ0) is 27.6. The third-order valence-corrected chi connectivity index (χ3v) is 5.22. The van der Waals surface area contributed by atoms with Crippen LogP contribution in [0.5, 0.6) is 11.5 Å². The van der Waals surface area contributed by atoms with Crippen LogP contribution in [0.15, 0.2) is 36.5 Å². The zero-order valence-electron chi connectivity index (χ0n) is 19.8. The van der Waals surface area contributed by atoms with Gasteiger partial charge in [0, 0.05) is 12.7 Å².